The highest BCUT2D eigenvalue weighted by Gasteiger charge is 2.12. The molecule has 0 aromatic heterocycles. The molecule has 0 radical (unpaired) electrons. The Morgan fingerprint density at radius 3 is 2.41 bits per heavy atom. The highest BCUT2D eigenvalue weighted by molar-refractivity contribution is 6.06. The predicted octanol–water partition coefficient (Wildman–Crippen LogP) is 3.26. The van der Waals surface area contributed by atoms with Crippen LogP contribution in [0.2, 0.25) is 0 Å². The first kappa shape index (κ1) is 15.8. The maximum absolute atomic E-state index is 12.4. The van der Waals surface area contributed by atoms with Crippen molar-refractivity contribution in [3.63, 3.8) is 0 Å². The van der Waals surface area contributed by atoms with Crippen LogP contribution in [0.4, 0.5) is 5.69 Å². The monoisotopic (exact) mass is 296 g/mol. The number of rotatable bonds is 3. The minimum absolute atomic E-state index is 0.0946. The SMILES string of the molecule is Cc1ccc(C)c(C(=O)Nc2cccc(C(=O)N(C)C)c2)c1. The molecule has 4 heteroatoms. The lowest BCUT2D eigenvalue weighted by atomic mass is 10.0. The number of anilines is 1. The van der Waals surface area contributed by atoms with E-state index in [4.69, 9.17) is 0 Å². The quantitative estimate of drug-likeness (QED) is 0.945. The van der Waals surface area contributed by atoms with E-state index in [1.54, 1.807) is 38.4 Å². The third kappa shape index (κ3) is 3.52. The fourth-order valence-electron chi connectivity index (χ4n) is 2.17. The number of aryl methyl sites for hydroxylation is 2. The molecule has 0 fully saturated rings. The van der Waals surface area contributed by atoms with Crippen molar-refractivity contribution in [1.82, 2.24) is 4.90 Å². The zero-order chi connectivity index (χ0) is 16.3. The predicted molar refractivity (Wildman–Crippen MR) is 88.3 cm³/mol. The number of amides is 2. The average Bonchev–Trinajstić information content (AvgIpc) is 2.49. The van der Waals surface area contributed by atoms with Crippen LogP contribution in [0.1, 0.15) is 31.8 Å². The van der Waals surface area contributed by atoms with Crippen molar-refractivity contribution in [2.75, 3.05) is 19.4 Å². The normalized spacial score (nSPS) is 10.2. The van der Waals surface area contributed by atoms with Crippen molar-refractivity contribution in [3.8, 4) is 0 Å². The molecule has 4 nitrogen and oxygen atoms in total. The van der Waals surface area contributed by atoms with Gasteiger partial charge in [-0.2, -0.15) is 0 Å². The minimum Gasteiger partial charge on any atom is -0.345 e. The van der Waals surface area contributed by atoms with Crippen molar-refractivity contribution < 1.29 is 9.59 Å². The van der Waals surface area contributed by atoms with Gasteiger partial charge in [-0.05, 0) is 43.7 Å². The van der Waals surface area contributed by atoms with Gasteiger partial charge in [0.15, 0.2) is 0 Å². The van der Waals surface area contributed by atoms with Crippen LogP contribution in [0, 0.1) is 13.8 Å². The maximum atomic E-state index is 12.4. The summed E-state index contributed by atoms with van der Waals surface area (Å²) in [6.45, 7) is 3.85. The van der Waals surface area contributed by atoms with Gasteiger partial charge < -0.3 is 10.2 Å². The van der Waals surface area contributed by atoms with E-state index in [2.05, 4.69) is 5.32 Å². The maximum Gasteiger partial charge on any atom is 0.255 e. The molecular weight excluding hydrogens is 276 g/mol. The highest BCUT2D eigenvalue weighted by Crippen LogP contribution is 2.16. The Morgan fingerprint density at radius 1 is 1.00 bits per heavy atom. The summed E-state index contributed by atoms with van der Waals surface area (Å²) in [6.07, 6.45) is 0. The molecule has 0 spiro atoms. The first-order valence-corrected chi connectivity index (χ1v) is 7.09. The Morgan fingerprint density at radius 2 is 1.73 bits per heavy atom. The van der Waals surface area contributed by atoms with Gasteiger partial charge in [0.1, 0.15) is 0 Å². The molecule has 0 saturated carbocycles. The number of carbonyl (C=O) groups excluding carboxylic acids is 2. The lowest BCUT2D eigenvalue weighted by Crippen LogP contribution is -2.22. The Bertz CT molecular complexity index is 721. The molecule has 0 heterocycles. The first-order valence-electron chi connectivity index (χ1n) is 7.09. The lowest BCUT2D eigenvalue weighted by Gasteiger charge is -2.12. The molecule has 2 rings (SSSR count). The van der Waals surface area contributed by atoms with Crippen molar-refractivity contribution >= 4 is 17.5 Å². The Hall–Kier alpha value is -2.62. The zero-order valence-electron chi connectivity index (χ0n) is 13.3. The fraction of sp³-hybridized carbons (Fsp3) is 0.222. The van der Waals surface area contributed by atoms with Crippen molar-refractivity contribution in [2.45, 2.75) is 13.8 Å². The minimum atomic E-state index is -0.171. The van der Waals surface area contributed by atoms with Gasteiger partial charge in [-0.1, -0.05) is 23.8 Å². The van der Waals surface area contributed by atoms with E-state index in [0.717, 1.165) is 11.1 Å². The van der Waals surface area contributed by atoms with Crippen LogP contribution in [-0.2, 0) is 0 Å². The summed E-state index contributed by atoms with van der Waals surface area (Å²) in [6, 6.07) is 12.7. The topological polar surface area (TPSA) is 49.4 Å². The number of nitrogens with one attached hydrogen (secondary N) is 1. The average molecular weight is 296 g/mol. The van der Waals surface area contributed by atoms with Crippen LogP contribution >= 0.6 is 0 Å². The molecule has 0 unspecified atom stereocenters. The molecule has 0 aliphatic rings. The third-order valence-electron chi connectivity index (χ3n) is 3.41. The summed E-state index contributed by atoms with van der Waals surface area (Å²) in [5.41, 5.74) is 3.75. The van der Waals surface area contributed by atoms with Gasteiger partial charge in [-0.25, -0.2) is 0 Å². The van der Waals surface area contributed by atoms with Gasteiger partial charge in [0, 0.05) is 30.9 Å². The van der Waals surface area contributed by atoms with Crippen molar-refractivity contribution in [1.29, 1.82) is 0 Å². The molecule has 0 saturated heterocycles. The third-order valence-corrected chi connectivity index (χ3v) is 3.41. The standard InChI is InChI=1S/C18H20N2O2/c1-12-8-9-13(2)16(10-12)17(21)19-15-7-5-6-14(11-15)18(22)20(3)4/h5-11H,1-4H3,(H,19,21). The van der Waals surface area contributed by atoms with Gasteiger partial charge in [-0.3, -0.25) is 9.59 Å². The molecule has 0 bridgehead atoms. The van der Waals surface area contributed by atoms with Crippen LogP contribution in [-0.4, -0.2) is 30.8 Å². The van der Waals surface area contributed by atoms with E-state index < -0.39 is 0 Å². The lowest BCUT2D eigenvalue weighted by molar-refractivity contribution is 0.0827. The number of benzene rings is 2. The molecule has 1 N–H and O–H groups in total. The van der Waals surface area contributed by atoms with Gasteiger partial charge in [-0.15, -0.1) is 0 Å². The fourth-order valence-corrected chi connectivity index (χ4v) is 2.17. The summed E-state index contributed by atoms with van der Waals surface area (Å²) >= 11 is 0. The Kier molecular flexibility index (Phi) is 4.61. The summed E-state index contributed by atoms with van der Waals surface area (Å²) in [4.78, 5) is 25.9. The number of hydrogen-bond acceptors (Lipinski definition) is 2. The van der Waals surface area contributed by atoms with E-state index in [1.165, 1.54) is 4.90 Å². The molecule has 114 valence electrons. The summed E-state index contributed by atoms with van der Waals surface area (Å²) in [5, 5.41) is 2.85. The van der Waals surface area contributed by atoms with Crippen LogP contribution in [0.5, 0.6) is 0 Å². The first-order chi connectivity index (χ1) is 10.4. The number of hydrogen-bond donors (Lipinski definition) is 1. The molecular formula is C18H20N2O2. The second-order valence-corrected chi connectivity index (χ2v) is 5.55. The van der Waals surface area contributed by atoms with Gasteiger partial charge in [0.05, 0.1) is 0 Å². The van der Waals surface area contributed by atoms with Crippen LogP contribution in [0.3, 0.4) is 0 Å². The number of nitrogens with zero attached hydrogens (tertiary/aromatic N) is 1. The van der Waals surface area contributed by atoms with E-state index in [-0.39, 0.29) is 11.8 Å². The van der Waals surface area contributed by atoms with E-state index in [1.807, 2.05) is 32.0 Å². The number of carbonyl (C=O) groups is 2. The second-order valence-electron chi connectivity index (χ2n) is 5.55. The summed E-state index contributed by atoms with van der Waals surface area (Å²) < 4.78 is 0. The molecule has 2 aromatic carbocycles. The van der Waals surface area contributed by atoms with Gasteiger partial charge >= 0.3 is 0 Å². The van der Waals surface area contributed by atoms with Crippen LogP contribution in [0.15, 0.2) is 42.5 Å². The molecule has 22 heavy (non-hydrogen) atoms. The zero-order valence-corrected chi connectivity index (χ0v) is 13.3. The molecule has 2 amide bonds. The smallest absolute Gasteiger partial charge is 0.255 e. The molecule has 0 aliphatic heterocycles. The van der Waals surface area contributed by atoms with Gasteiger partial charge in [0.2, 0.25) is 0 Å². The second kappa shape index (κ2) is 6.43. The molecule has 0 aliphatic carbocycles. The molecule has 2 aromatic rings. The van der Waals surface area contributed by atoms with E-state index >= 15 is 0 Å². The van der Waals surface area contributed by atoms with E-state index in [9.17, 15) is 9.59 Å². The van der Waals surface area contributed by atoms with Crippen molar-refractivity contribution in [2.24, 2.45) is 0 Å². The van der Waals surface area contributed by atoms with Crippen LogP contribution in [0.25, 0.3) is 0 Å². The van der Waals surface area contributed by atoms with E-state index in [0.29, 0.717) is 16.8 Å². The molecule has 0 atom stereocenters. The van der Waals surface area contributed by atoms with Crippen LogP contribution < -0.4 is 5.32 Å². The Labute approximate surface area is 130 Å². The summed E-state index contributed by atoms with van der Waals surface area (Å²) in [5.74, 6) is -0.265. The van der Waals surface area contributed by atoms with Gasteiger partial charge in [0.25, 0.3) is 11.8 Å². The summed E-state index contributed by atoms with van der Waals surface area (Å²) in [7, 11) is 3.40. The van der Waals surface area contributed by atoms with Crippen molar-refractivity contribution in [3.05, 3.63) is 64.7 Å². The largest absolute Gasteiger partial charge is 0.345 e. The highest BCUT2D eigenvalue weighted by atomic mass is 16.2. The Balaban J connectivity index is 2.24.